The van der Waals surface area contributed by atoms with Gasteiger partial charge in [0.05, 0.1) is 17.6 Å². The van der Waals surface area contributed by atoms with Gasteiger partial charge >= 0.3 is 5.97 Å². The van der Waals surface area contributed by atoms with E-state index in [1.54, 1.807) is 11.3 Å². The molecule has 1 atom stereocenters. The lowest BCUT2D eigenvalue weighted by atomic mass is 10.1. The Bertz CT molecular complexity index is 628. The Hall–Kier alpha value is -0.910. The molecule has 0 aliphatic rings. The average Bonchev–Trinajstić information content (AvgIpc) is 2.72. The molecule has 1 aromatic heterocycles. The van der Waals surface area contributed by atoms with Gasteiger partial charge in [-0.05, 0) is 42.8 Å². The average molecular weight is 357 g/mol. The van der Waals surface area contributed by atoms with Crippen LogP contribution in [-0.4, -0.2) is 18.7 Å². The molecular weight excluding hydrogens is 340 g/mol. The van der Waals surface area contributed by atoms with Crippen LogP contribution in [0.2, 0.25) is 0 Å². The van der Waals surface area contributed by atoms with E-state index >= 15 is 0 Å². The zero-order valence-corrected chi connectivity index (χ0v) is 14.3. The number of benzene rings is 1. The summed E-state index contributed by atoms with van der Waals surface area (Å²) in [5.74, 6) is -0.382. The van der Waals surface area contributed by atoms with Crippen molar-refractivity contribution in [1.29, 1.82) is 0 Å². The summed E-state index contributed by atoms with van der Waals surface area (Å²) in [6.07, 6.45) is -0.716. The number of halogens is 1. The predicted molar refractivity (Wildman–Crippen MR) is 85.1 cm³/mol. The topological polar surface area (TPSA) is 35.5 Å². The molecule has 0 saturated heterocycles. The number of carbonyl (C=O) groups excluding carboxylic acids is 1. The zero-order valence-electron chi connectivity index (χ0n) is 11.9. The van der Waals surface area contributed by atoms with Crippen molar-refractivity contribution >= 4 is 43.3 Å². The molecule has 0 spiro atoms. The Kier molecular flexibility index (Phi) is 4.52. The Morgan fingerprint density at radius 3 is 2.50 bits per heavy atom. The van der Waals surface area contributed by atoms with Crippen LogP contribution in [0.15, 0.2) is 28.7 Å². The van der Waals surface area contributed by atoms with Crippen LogP contribution < -0.4 is 0 Å². The zero-order chi connectivity index (χ0) is 14.9. The second-order valence-electron chi connectivity index (χ2n) is 5.41. The highest BCUT2D eigenvalue weighted by molar-refractivity contribution is 9.10. The van der Waals surface area contributed by atoms with Crippen molar-refractivity contribution in [2.24, 2.45) is 0 Å². The van der Waals surface area contributed by atoms with E-state index in [0.717, 1.165) is 19.4 Å². The van der Waals surface area contributed by atoms with Crippen LogP contribution in [0.4, 0.5) is 0 Å². The summed E-state index contributed by atoms with van der Waals surface area (Å²) in [5, 5.41) is 1.08. The molecule has 0 amide bonds. The Morgan fingerprint density at radius 2 is 1.95 bits per heavy atom. The van der Waals surface area contributed by atoms with E-state index < -0.39 is 11.7 Å². The van der Waals surface area contributed by atoms with Gasteiger partial charge in [-0.25, -0.2) is 4.79 Å². The largest absolute Gasteiger partial charge is 0.467 e. The molecule has 0 N–H and O–H groups in total. The minimum absolute atomic E-state index is 0.382. The number of hydrogen-bond donors (Lipinski definition) is 0. The van der Waals surface area contributed by atoms with Gasteiger partial charge in [0.15, 0.2) is 6.10 Å². The second-order valence-corrected chi connectivity index (χ2v) is 7.29. The number of fused-ring (bicyclic) bond motifs is 1. The van der Waals surface area contributed by atoms with E-state index in [1.807, 2.05) is 45.0 Å². The second kappa shape index (κ2) is 5.84. The van der Waals surface area contributed by atoms with E-state index in [1.165, 1.54) is 7.11 Å². The molecule has 5 heteroatoms. The molecule has 0 radical (unpaired) electrons. The van der Waals surface area contributed by atoms with Crippen LogP contribution in [-0.2, 0) is 14.3 Å². The number of methoxy groups -OCH3 is 1. The molecule has 0 fully saturated rings. The fraction of sp³-hybridized carbons (Fsp3) is 0.400. The summed E-state index contributed by atoms with van der Waals surface area (Å²) < 4.78 is 12.8. The van der Waals surface area contributed by atoms with E-state index in [0.29, 0.717) is 0 Å². The predicted octanol–water partition coefficient (Wildman–Crippen LogP) is 4.69. The molecule has 2 rings (SSSR count). The standard InChI is InChI=1S/C15H17BrO3S/c1-15(2,3)19-12(14(17)18-4)13-11(16)9-7-5-6-8-10(9)20-13/h5-8,12H,1-4H3. The third-order valence-corrected chi connectivity index (χ3v) is 5.02. The lowest BCUT2D eigenvalue weighted by Crippen LogP contribution is -2.27. The van der Waals surface area contributed by atoms with Crippen LogP contribution >= 0.6 is 27.3 Å². The maximum Gasteiger partial charge on any atom is 0.340 e. The summed E-state index contributed by atoms with van der Waals surface area (Å²) in [6.45, 7) is 5.76. The van der Waals surface area contributed by atoms with Gasteiger partial charge in [0.25, 0.3) is 0 Å². The molecule has 2 aromatic rings. The highest BCUT2D eigenvalue weighted by Gasteiger charge is 2.31. The molecule has 108 valence electrons. The van der Waals surface area contributed by atoms with Crippen molar-refractivity contribution in [2.45, 2.75) is 32.5 Å². The maximum atomic E-state index is 12.1. The van der Waals surface area contributed by atoms with Gasteiger partial charge in [-0.3, -0.25) is 0 Å². The van der Waals surface area contributed by atoms with Gasteiger partial charge in [-0.15, -0.1) is 11.3 Å². The Balaban J connectivity index is 2.50. The molecular formula is C15H17BrO3S. The fourth-order valence-corrected chi connectivity index (χ4v) is 3.91. The van der Waals surface area contributed by atoms with Crippen LogP contribution in [0, 0.1) is 0 Å². The van der Waals surface area contributed by atoms with Gasteiger partial charge < -0.3 is 9.47 Å². The van der Waals surface area contributed by atoms with Crippen molar-refractivity contribution < 1.29 is 14.3 Å². The minimum Gasteiger partial charge on any atom is -0.467 e. The summed E-state index contributed by atoms with van der Waals surface area (Å²) in [7, 11) is 1.38. The van der Waals surface area contributed by atoms with Gasteiger partial charge in [0, 0.05) is 14.6 Å². The van der Waals surface area contributed by atoms with Crippen LogP contribution in [0.3, 0.4) is 0 Å². The monoisotopic (exact) mass is 356 g/mol. The van der Waals surface area contributed by atoms with Crippen molar-refractivity contribution in [1.82, 2.24) is 0 Å². The smallest absolute Gasteiger partial charge is 0.340 e. The maximum absolute atomic E-state index is 12.1. The number of esters is 1. The van der Waals surface area contributed by atoms with Crippen LogP contribution in [0.25, 0.3) is 10.1 Å². The molecule has 0 saturated carbocycles. The van der Waals surface area contributed by atoms with Gasteiger partial charge in [-0.2, -0.15) is 0 Å². The number of thiophene rings is 1. The Labute approximate surface area is 131 Å². The minimum atomic E-state index is -0.716. The fourth-order valence-electron chi connectivity index (χ4n) is 1.87. The van der Waals surface area contributed by atoms with Crippen LogP contribution in [0.5, 0.6) is 0 Å². The summed E-state index contributed by atoms with van der Waals surface area (Å²) in [5.41, 5.74) is -0.436. The Morgan fingerprint density at radius 1 is 1.30 bits per heavy atom. The number of carbonyl (C=O) groups is 1. The highest BCUT2D eigenvalue weighted by Crippen LogP contribution is 2.41. The van der Waals surface area contributed by atoms with E-state index in [-0.39, 0.29) is 5.97 Å². The molecule has 1 heterocycles. The lowest BCUT2D eigenvalue weighted by Gasteiger charge is -2.25. The number of ether oxygens (including phenoxy) is 2. The van der Waals surface area contributed by atoms with Crippen molar-refractivity contribution in [3.63, 3.8) is 0 Å². The first-order chi connectivity index (χ1) is 9.33. The molecule has 0 aliphatic heterocycles. The van der Waals surface area contributed by atoms with Gasteiger partial charge in [0.1, 0.15) is 0 Å². The van der Waals surface area contributed by atoms with E-state index in [9.17, 15) is 4.79 Å². The SMILES string of the molecule is COC(=O)C(OC(C)(C)C)c1sc2ccccc2c1Br. The molecule has 3 nitrogen and oxygen atoms in total. The summed E-state index contributed by atoms with van der Waals surface area (Å²) >= 11 is 5.12. The third-order valence-electron chi connectivity index (χ3n) is 2.68. The molecule has 20 heavy (non-hydrogen) atoms. The van der Waals surface area contributed by atoms with Crippen molar-refractivity contribution in [3.8, 4) is 0 Å². The normalized spacial score (nSPS) is 13.4. The van der Waals surface area contributed by atoms with Gasteiger partial charge in [-0.1, -0.05) is 18.2 Å². The molecule has 1 unspecified atom stereocenters. The van der Waals surface area contributed by atoms with Crippen molar-refractivity contribution in [2.75, 3.05) is 7.11 Å². The first-order valence-corrected chi connectivity index (χ1v) is 7.87. The van der Waals surface area contributed by atoms with E-state index in [4.69, 9.17) is 9.47 Å². The molecule has 1 aromatic carbocycles. The van der Waals surface area contributed by atoms with Gasteiger partial charge in [0.2, 0.25) is 0 Å². The van der Waals surface area contributed by atoms with E-state index in [2.05, 4.69) is 15.9 Å². The van der Waals surface area contributed by atoms with Crippen molar-refractivity contribution in [3.05, 3.63) is 33.6 Å². The first-order valence-electron chi connectivity index (χ1n) is 6.26. The number of hydrogen-bond acceptors (Lipinski definition) is 4. The lowest BCUT2D eigenvalue weighted by molar-refractivity contribution is -0.164. The first kappa shape index (κ1) is 15.5. The van der Waals surface area contributed by atoms with Crippen LogP contribution in [0.1, 0.15) is 31.8 Å². The third kappa shape index (κ3) is 3.22. The molecule has 0 bridgehead atoms. The summed E-state index contributed by atoms with van der Waals surface area (Å²) in [6, 6.07) is 8.00. The number of rotatable bonds is 3. The summed E-state index contributed by atoms with van der Waals surface area (Å²) in [4.78, 5) is 12.9. The quantitative estimate of drug-likeness (QED) is 0.748. The highest BCUT2D eigenvalue weighted by atomic mass is 79.9. The molecule has 0 aliphatic carbocycles.